The van der Waals surface area contributed by atoms with Crippen molar-refractivity contribution in [2.75, 3.05) is 19.6 Å². The molecule has 1 unspecified atom stereocenters. The summed E-state index contributed by atoms with van der Waals surface area (Å²) in [5.74, 6) is 6.44. The van der Waals surface area contributed by atoms with E-state index in [9.17, 15) is 14.7 Å². The lowest BCUT2D eigenvalue weighted by molar-refractivity contribution is -0.0713. The van der Waals surface area contributed by atoms with Gasteiger partial charge in [0.15, 0.2) is 5.65 Å². The monoisotopic (exact) mass is 573 g/mol. The quantitative estimate of drug-likeness (QED) is 0.318. The topological polar surface area (TPSA) is 118 Å². The van der Waals surface area contributed by atoms with Crippen LogP contribution in [0.1, 0.15) is 53.2 Å². The Bertz CT molecular complexity index is 2000. The summed E-state index contributed by atoms with van der Waals surface area (Å²) < 4.78 is 3.10. The van der Waals surface area contributed by atoms with Crippen LogP contribution in [0.5, 0.6) is 0 Å². The molecule has 0 aliphatic carbocycles. The number of aromatic nitrogens is 5. The number of carbonyl (C=O) groups is 1. The normalized spacial score (nSPS) is 21.8. The lowest BCUT2D eigenvalue weighted by Crippen LogP contribution is -2.58. The number of rotatable bonds is 4. The molecule has 3 aromatic heterocycles. The number of para-hydroxylation sites is 1. The number of hydrogen-bond acceptors (Lipinski definition) is 7. The van der Waals surface area contributed by atoms with Gasteiger partial charge in [-0.3, -0.25) is 19.1 Å². The van der Waals surface area contributed by atoms with Crippen molar-refractivity contribution < 1.29 is 9.90 Å². The van der Waals surface area contributed by atoms with Crippen LogP contribution in [0, 0.1) is 24.7 Å². The highest BCUT2D eigenvalue weighted by atomic mass is 16.3. The zero-order chi connectivity index (χ0) is 29.7. The van der Waals surface area contributed by atoms with Crippen molar-refractivity contribution in [2.24, 2.45) is 5.92 Å². The minimum Gasteiger partial charge on any atom is -0.376 e. The van der Waals surface area contributed by atoms with E-state index >= 15 is 0 Å². The zero-order valence-electron chi connectivity index (χ0n) is 24.0. The van der Waals surface area contributed by atoms with Crippen LogP contribution in [0.15, 0.2) is 71.8 Å². The Morgan fingerprint density at radius 3 is 2.65 bits per heavy atom. The van der Waals surface area contributed by atoms with Crippen molar-refractivity contribution in [3.05, 3.63) is 100.0 Å². The first-order valence-electron chi connectivity index (χ1n) is 14.5. The van der Waals surface area contributed by atoms with E-state index in [-0.39, 0.29) is 17.4 Å². The molecule has 6 heterocycles. The summed E-state index contributed by atoms with van der Waals surface area (Å²) in [7, 11) is 0. The second-order valence-corrected chi connectivity index (χ2v) is 11.4. The number of aryl methyl sites for hydroxylation is 1. The van der Waals surface area contributed by atoms with Gasteiger partial charge in [0.1, 0.15) is 17.0 Å². The van der Waals surface area contributed by atoms with Crippen molar-refractivity contribution in [2.45, 2.75) is 38.3 Å². The summed E-state index contributed by atoms with van der Waals surface area (Å²) in [6.07, 6.45) is 5.19. The van der Waals surface area contributed by atoms with Crippen LogP contribution < -0.4 is 10.9 Å². The maximum Gasteiger partial charge on any atom is 0.267 e. The van der Waals surface area contributed by atoms with Crippen LogP contribution in [0.2, 0.25) is 0 Å². The zero-order valence-corrected chi connectivity index (χ0v) is 24.0. The highest BCUT2D eigenvalue weighted by Gasteiger charge is 2.44. The molecule has 2 aromatic carbocycles. The van der Waals surface area contributed by atoms with Gasteiger partial charge in [-0.25, -0.2) is 14.5 Å². The van der Waals surface area contributed by atoms with Gasteiger partial charge < -0.3 is 10.4 Å². The van der Waals surface area contributed by atoms with Gasteiger partial charge in [-0.05, 0) is 70.1 Å². The van der Waals surface area contributed by atoms with Gasteiger partial charge in [0, 0.05) is 30.4 Å². The molecule has 10 nitrogen and oxygen atoms in total. The fourth-order valence-corrected chi connectivity index (χ4v) is 6.42. The predicted molar refractivity (Wildman–Crippen MR) is 162 cm³/mol. The van der Waals surface area contributed by atoms with Crippen LogP contribution in [0.3, 0.4) is 0 Å². The van der Waals surface area contributed by atoms with Gasteiger partial charge in [0.25, 0.3) is 11.5 Å². The van der Waals surface area contributed by atoms with Crippen molar-refractivity contribution in [3.8, 4) is 17.5 Å². The van der Waals surface area contributed by atoms with E-state index in [4.69, 9.17) is 4.98 Å². The standard InChI is InChI=1S/C33H31N7O3/c1-21-27(30-34-16-7-17-39(30)37-21)31(41)35-22(2)29-36-26-11-6-8-23(12-15-33(43)20-38-18-13-24(33)14-19-38)28(26)32(42)40(29)25-9-4-3-5-10-25/h3-11,16-17,22,24,43H,13-14,18-20H2,1-2H3,(H,35,41)/t22-,33?/m1/s1. The Kier molecular flexibility index (Phi) is 6.57. The Hall–Kier alpha value is -4.85. The number of nitrogens with zero attached hydrogens (tertiary/aromatic N) is 6. The van der Waals surface area contributed by atoms with Gasteiger partial charge in [0.05, 0.1) is 28.3 Å². The number of hydrogen-bond donors (Lipinski definition) is 2. The molecule has 2 N–H and O–H groups in total. The molecule has 3 saturated heterocycles. The molecule has 2 atom stereocenters. The number of aliphatic hydroxyl groups is 1. The number of piperidine rings is 3. The molecule has 10 heteroatoms. The Morgan fingerprint density at radius 1 is 1.12 bits per heavy atom. The maximum atomic E-state index is 14.3. The van der Waals surface area contributed by atoms with Gasteiger partial charge in [0.2, 0.25) is 0 Å². The van der Waals surface area contributed by atoms with E-state index < -0.39 is 11.6 Å². The summed E-state index contributed by atoms with van der Waals surface area (Å²) in [5.41, 5.74) is 1.56. The Morgan fingerprint density at radius 2 is 1.91 bits per heavy atom. The molecular weight excluding hydrogens is 542 g/mol. The van der Waals surface area contributed by atoms with E-state index in [1.165, 1.54) is 4.57 Å². The average Bonchev–Trinajstić information content (AvgIpc) is 3.36. The number of carbonyl (C=O) groups excluding carboxylic acids is 1. The summed E-state index contributed by atoms with van der Waals surface area (Å²) in [6.45, 7) is 6.05. The second kappa shape index (κ2) is 10.5. The fourth-order valence-electron chi connectivity index (χ4n) is 6.42. The summed E-state index contributed by atoms with van der Waals surface area (Å²) in [5, 5.41) is 19.2. The minimum absolute atomic E-state index is 0.127. The van der Waals surface area contributed by atoms with Crippen LogP contribution in [0.4, 0.5) is 0 Å². The smallest absolute Gasteiger partial charge is 0.267 e. The number of fused-ring (bicyclic) bond motifs is 5. The van der Waals surface area contributed by atoms with Crippen molar-refractivity contribution in [1.82, 2.24) is 34.4 Å². The minimum atomic E-state index is -1.10. The van der Waals surface area contributed by atoms with Gasteiger partial charge in [-0.15, -0.1) is 0 Å². The third-order valence-corrected chi connectivity index (χ3v) is 8.61. The molecule has 8 rings (SSSR count). The van der Waals surface area contributed by atoms with Crippen molar-refractivity contribution in [3.63, 3.8) is 0 Å². The average molecular weight is 574 g/mol. The maximum absolute atomic E-state index is 14.3. The lowest BCUT2D eigenvalue weighted by Gasteiger charge is -2.47. The van der Waals surface area contributed by atoms with Gasteiger partial charge in [-0.2, -0.15) is 5.10 Å². The summed E-state index contributed by atoms with van der Waals surface area (Å²) in [6, 6.07) is 15.7. The lowest BCUT2D eigenvalue weighted by atomic mass is 9.75. The molecule has 0 radical (unpaired) electrons. The number of amides is 1. The molecule has 0 spiro atoms. The van der Waals surface area contributed by atoms with Crippen LogP contribution >= 0.6 is 0 Å². The van der Waals surface area contributed by atoms with E-state index in [2.05, 4.69) is 32.1 Å². The van der Waals surface area contributed by atoms with E-state index in [0.29, 0.717) is 51.4 Å². The fraction of sp³-hybridized carbons (Fsp3) is 0.303. The third kappa shape index (κ3) is 4.67. The van der Waals surface area contributed by atoms with Crippen LogP contribution in [-0.2, 0) is 0 Å². The summed E-state index contributed by atoms with van der Waals surface area (Å²) in [4.78, 5) is 39.4. The largest absolute Gasteiger partial charge is 0.376 e. The van der Waals surface area contributed by atoms with Crippen LogP contribution in [0.25, 0.3) is 22.2 Å². The molecule has 2 bridgehead atoms. The molecule has 3 aliphatic rings. The SMILES string of the molecule is Cc1nn2cccnc2c1C(=O)N[C@H](C)c1nc2cccc(C#CC3(O)CN4CCC3CC4)c2c(=O)n1-c1ccccc1. The van der Waals surface area contributed by atoms with Crippen molar-refractivity contribution in [1.29, 1.82) is 0 Å². The van der Waals surface area contributed by atoms with Gasteiger partial charge >= 0.3 is 0 Å². The molecule has 5 aromatic rings. The molecule has 0 saturated carbocycles. The number of benzene rings is 2. The molecule has 3 aliphatic heterocycles. The van der Waals surface area contributed by atoms with E-state index in [1.54, 1.807) is 49.0 Å². The van der Waals surface area contributed by atoms with Crippen molar-refractivity contribution >= 4 is 22.5 Å². The molecule has 216 valence electrons. The predicted octanol–water partition coefficient (Wildman–Crippen LogP) is 3.04. The first-order chi connectivity index (χ1) is 20.8. The number of nitrogens with one attached hydrogen (secondary N) is 1. The third-order valence-electron chi connectivity index (χ3n) is 8.61. The van der Waals surface area contributed by atoms with Gasteiger partial charge in [-0.1, -0.05) is 36.1 Å². The Balaban J connectivity index is 1.32. The molecule has 3 fully saturated rings. The molecule has 43 heavy (non-hydrogen) atoms. The highest BCUT2D eigenvalue weighted by Crippen LogP contribution is 2.35. The Labute approximate surface area is 248 Å². The van der Waals surface area contributed by atoms with E-state index in [1.807, 2.05) is 36.4 Å². The van der Waals surface area contributed by atoms with E-state index in [0.717, 1.165) is 25.9 Å². The highest BCUT2D eigenvalue weighted by molar-refractivity contribution is 6.01. The summed E-state index contributed by atoms with van der Waals surface area (Å²) >= 11 is 0. The van der Waals surface area contributed by atoms with Crippen LogP contribution in [-0.4, -0.2) is 65.3 Å². The molecule has 1 amide bonds. The second-order valence-electron chi connectivity index (χ2n) is 11.4. The molecular formula is C33H31N7O3. The first-order valence-corrected chi connectivity index (χ1v) is 14.5. The first kappa shape index (κ1) is 27.0.